The average Bonchev–Trinajstić information content (AvgIpc) is 2.58. The highest BCUT2D eigenvalue weighted by atomic mass is 16.4. The second-order valence-electron chi connectivity index (χ2n) is 6.76. The summed E-state index contributed by atoms with van der Waals surface area (Å²) in [4.78, 5) is 19.5. The maximum absolute atomic E-state index is 9.97. The minimum atomic E-state index is -2.27. The maximum Gasteiger partial charge on any atom is 0.335 e. The number of rotatable bonds is 7. The fourth-order valence-electron chi connectivity index (χ4n) is 1.73. The smallest absolute Gasteiger partial charge is 0.335 e. The lowest BCUT2D eigenvalue weighted by atomic mass is 10.0. The van der Waals surface area contributed by atoms with Crippen LogP contribution < -0.4 is 5.32 Å². The number of hydrogen-bond donors (Lipinski definition) is 8. The van der Waals surface area contributed by atoms with Crippen molar-refractivity contribution in [3.63, 3.8) is 0 Å². The van der Waals surface area contributed by atoms with Crippen LogP contribution in [0.3, 0.4) is 0 Å². The van der Waals surface area contributed by atoms with Gasteiger partial charge in [0.05, 0.1) is 12.7 Å². The molecule has 0 aliphatic carbocycles. The summed E-state index contributed by atoms with van der Waals surface area (Å²) < 4.78 is 0. The molecule has 1 aromatic carbocycles. The Morgan fingerprint density at radius 1 is 1.04 bits per heavy atom. The van der Waals surface area contributed by atoms with Crippen LogP contribution in [-0.2, 0) is 16.2 Å². The van der Waals surface area contributed by atoms with Gasteiger partial charge in [-0.1, -0.05) is 6.07 Å². The van der Waals surface area contributed by atoms with Crippen molar-refractivity contribution >= 4 is 11.9 Å². The van der Waals surface area contributed by atoms with Crippen LogP contribution in [-0.4, -0.2) is 72.0 Å². The SMILES string of the molecule is CC(C)(C)NCC(O)c1ccc(O)c(CO)c1.O=C(O)C(O)C(O)C(=O)O. The molecule has 0 aliphatic heterocycles. The summed E-state index contributed by atoms with van der Waals surface area (Å²) in [6.07, 6.45) is -5.19. The van der Waals surface area contributed by atoms with Gasteiger partial charge in [-0.15, -0.1) is 0 Å². The number of carbonyl (C=O) groups is 2. The van der Waals surface area contributed by atoms with Gasteiger partial charge >= 0.3 is 11.9 Å². The first-order valence-corrected chi connectivity index (χ1v) is 7.97. The standard InChI is InChI=1S/C13H21NO3.C4H6O6/c1-13(2,3)14-7-12(17)9-4-5-11(16)10(6-9)8-15;5-1(3(7)8)2(6)4(9)10/h4-6,12,14-17H,7-8H2,1-3H3;1-2,5-6H,(H,7,8)(H,9,10). The van der Waals surface area contributed by atoms with Gasteiger partial charge in [0, 0.05) is 17.6 Å². The number of phenols is 1. The normalized spacial score (nSPS) is 14.5. The van der Waals surface area contributed by atoms with E-state index in [4.69, 9.17) is 25.5 Å². The third-order valence-corrected chi connectivity index (χ3v) is 3.29. The van der Waals surface area contributed by atoms with Gasteiger partial charge in [-0.25, -0.2) is 9.59 Å². The molecule has 1 rings (SSSR count). The van der Waals surface area contributed by atoms with Gasteiger partial charge in [0.2, 0.25) is 0 Å². The van der Waals surface area contributed by atoms with E-state index in [0.29, 0.717) is 17.7 Å². The molecular weight excluding hydrogens is 362 g/mol. The zero-order chi connectivity index (χ0) is 21.4. The number of carboxylic acids is 2. The van der Waals surface area contributed by atoms with Gasteiger partial charge < -0.3 is 41.1 Å². The maximum atomic E-state index is 9.97. The molecule has 154 valence electrons. The summed E-state index contributed by atoms with van der Waals surface area (Å²) in [5.74, 6) is -3.49. The lowest BCUT2D eigenvalue weighted by Gasteiger charge is -2.23. The molecule has 10 heteroatoms. The molecule has 8 N–H and O–H groups in total. The van der Waals surface area contributed by atoms with E-state index in [9.17, 15) is 19.8 Å². The van der Waals surface area contributed by atoms with E-state index in [0.717, 1.165) is 0 Å². The second kappa shape index (κ2) is 10.8. The van der Waals surface area contributed by atoms with Crippen molar-refractivity contribution in [1.29, 1.82) is 0 Å². The average molecular weight is 389 g/mol. The Hall–Kier alpha value is -2.24. The number of carboxylic acid groups (broad SMARTS) is 2. The van der Waals surface area contributed by atoms with Crippen molar-refractivity contribution in [2.45, 2.75) is 51.2 Å². The van der Waals surface area contributed by atoms with E-state index >= 15 is 0 Å². The fraction of sp³-hybridized carbons (Fsp3) is 0.529. The Morgan fingerprint density at radius 3 is 1.89 bits per heavy atom. The molecule has 0 saturated carbocycles. The zero-order valence-corrected chi connectivity index (χ0v) is 15.3. The van der Waals surface area contributed by atoms with E-state index < -0.39 is 30.3 Å². The van der Waals surface area contributed by atoms with Crippen LogP contribution in [0.4, 0.5) is 0 Å². The topological polar surface area (TPSA) is 188 Å². The molecule has 0 amide bonds. The molecule has 0 saturated heterocycles. The van der Waals surface area contributed by atoms with E-state index in [2.05, 4.69) is 5.32 Å². The molecule has 0 radical (unpaired) electrons. The monoisotopic (exact) mass is 389 g/mol. The highest BCUT2D eigenvalue weighted by molar-refractivity contribution is 5.83. The molecule has 0 heterocycles. The van der Waals surface area contributed by atoms with Crippen LogP contribution in [0.1, 0.15) is 38.0 Å². The van der Waals surface area contributed by atoms with E-state index in [1.807, 2.05) is 20.8 Å². The highest BCUT2D eigenvalue weighted by Gasteiger charge is 2.29. The molecule has 0 bridgehead atoms. The zero-order valence-electron chi connectivity index (χ0n) is 15.3. The molecule has 0 spiro atoms. The number of hydrogen-bond acceptors (Lipinski definition) is 8. The van der Waals surface area contributed by atoms with Crippen LogP contribution >= 0.6 is 0 Å². The van der Waals surface area contributed by atoms with E-state index in [-0.39, 0.29) is 17.9 Å². The van der Waals surface area contributed by atoms with Crippen molar-refractivity contribution in [1.82, 2.24) is 5.32 Å². The molecule has 10 nitrogen and oxygen atoms in total. The Labute approximate surface area is 156 Å². The van der Waals surface area contributed by atoms with Crippen LogP contribution in [0, 0.1) is 0 Å². The third kappa shape index (κ3) is 9.31. The van der Waals surface area contributed by atoms with Gasteiger partial charge in [0.15, 0.2) is 12.2 Å². The first-order chi connectivity index (χ1) is 12.3. The first-order valence-electron chi connectivity index (χ1n) is 7.97. The van der Waals surface area contributed by atoms with Gasteiger partial charge in [0.25, 0.3) is 0 Å². The molecule has 3 atom stereocenters. The molecule has 0 aliphatic rings. The summed E-state index contributed by atoms with van der Waals surface area (Å²) in [5.41, 5.74) is 1.05. The lowest BCUT2D eigenvalue weighted by Crippen LogP contribution is -2.39. The van der Waals surface area contributed by atoms with Gasteiger partial charge in [-0.05, 0) is 38.5 Å². The number of aliphatic carboxylic acids is 2. The Morgan fingerprint density at radius 2 is 1.52 bits per heavy atom. The minimum absolute atomic E-state index is 0.0484. The number of β-amino-alcohol motifs (C(OH)–C–C–N with tert-alkyl or cyclic N) is 1. The van der Waals surface area contributed by atoms with Gasteiger partial charge in [-0.2, -0.15) is 0 Å². The molecule has 1 aromatic rings. The first kappa shape index (κ1) is 24.8. The lowest BCUT2D eigenvalue weighted by molar-refractivity contribution is -0.165. The number of aliphatic hydroxyl groups is 4. The van der Waals surface area contributed by atoms with Gasteiger partial charge in [0.1, 0.15) is 5.75 Å². The van der Waals surface area contributed by atoms with Crippen LogP contribution in [0.2, 0.25) is 0 Å². The summed E-state index contributed by atoms with van der Waals surface area (Å²) in [6.45, 7) is 6.26. The third-order valence-electron chi connectivity index (χ3n) is 3.29. The summed E-state index contributed by atoms with van der Waals surface area (Å²) in [5, 5.41) is 64.1. The van der Waals surface area contributed by atoms with Gasteiger partial charge in [-0.3, -0.25) is 0 Å². The Kier molecular flexibility index (Phi) is 9.90. The van der Waals surface area contributed by atoms with Crippen molar-refractivity contribution < 1.29 is 45.3 Å². The summed E-state index contributed by atoms with van der Waals surface area (Å²) in [7, 11) is 0. The minimum Gasteiger partial charge on any atom is -0.508 e. The van der Waals surface area contributed by atoms with E-state index in [1.54, 1.807) is 12.1 Å². The molecule has 3 unspecified atom stereocenters. The number of benzene rings is 1. The van der Waals surface area contributed by atoms with E-state index in [1.165, 1.54) is 6.07 Å². The van der Waals surface area contributed by atoms with Crippen molar-refractivity contribution in [3.05, 3.63) is 29.3 Å². The number of aromatic hydroxyl groups is 1. The largest absolute Gasteiger partial charge is 0.508 e. The summed E-state index contributed by atoms with van der Waals surface area (Å²) >= 11 is 0. The number of nitrogens with one attached hydrogen (secondary N) is 1. The van der Waals surface area contributed by atoms with Crippen molar-refractivity contribution in [2.24, 2.45) is 0 Å². The highest BCUT2D eigenvalue weighted by Crippen LogP contribution is 2.22. The molecule has 0 aromatic heterocycles. The molecule has 27 heavy (non-hydrogen) atoms. The van der Waals surface area contributed by atoms with Crippen molar-refractivity contribution in [3.8, 4) is 5.75 Å². The Bertz CT molecular complexity index is 609. The quantitative estimate of drug-likeness (QED) is 0.293. The predicted molar refractivity (Wildman–Crippen MR) is 94.0 cm³/mol. The van der Waals surface area contributed by atoms with Crippen LogP contribution in [0.5, 0.6) is 5.75 Å². The van der Waals surface area contributed by atoms with Crippen LogP contribution in [0.25, 0.3) is 0 Å². The summed E-state index contributed by atoms with van der Waals surface area (Å²) in [6, 6.07) is 4.76. The Balaban J connectivity index is 0.000000580. The molecule has 0 fully saturated rings. The number of aliphatic hydroxyl groups excluding tert-OH is 4. The molecular formula is C17H27NO9. The fourth-order valence-corrected chi connectivity index (χ4v) is 1.73. The van der Waals surface area contributed by atoms with Crippen molar-refractivity contribution in [2.75, 3.05) is 6.54 Å². The predicted octanol–water partition coefficient (Wildman–Crippen LogP) is -0.817. The van der Waals surface area contributed by atoms with Crippen LogP contribution in [0.15, 0.2) is 18.2 Å². The second-order valence-corrected chi connectivity index (χ2v) is 6.76.